The van der Waals surface area contributed by atoms with E-state index in [1.807, 2.05) is 16.7 Å². The maximum absolute atomic E-state index is 13.2. The van der Waals surface area contributed by atoms with Crippen LogP contribution in [0.1, 0.15) is 69.3 Å². The van der Waals surface area contributed by atoms with E-state index in [2.05, 4.69) is 0 Å². The molecule has 0 radical (unpaired) electrons. The largest absolute Gasteiger partial charge is 0.459 e. The van der Waals surface area contributed by atoms with Crippen LogP contribution in [0.3, 0.4) is 0 Å². The van der Waals surface area contributed by atoms with E-state index in [1.165, 1.54) is 6.26 Å². The second kappa shape index (κ2) is 8.44. The molecule has 1 aliphatic heterocycles. The lowest BCUT2D eigenvalue weighted by Crippen LogP contribution is -2.67. The first-order chi connectivity index (χ1) is 14.4. The monoisotopic (exact) mass is 415 g/mol. The third-order valence-electron chi connectivity index (χ3n) is 7.66. The molecule has 164 valence electrons. The van der Waals surface area contributed by atoms with Gasteiger partial charge < -0.3 is 20.0 Å². The van der Waals surface area contributed by atoms with Gasteiger partial charge in [-0.2, -0.15) is 0 Å². The third kappa shape index (κ3) is 3.86. The van der Waals surface area contributed by atoms with Crippen LogP contribution in [0.15, 0.2) is 22.8 Å². The predicted molar refractivity (Wildman–Crippen MR) is 111 cm³/mol. The highest BCUT2D eigenvalue weighted by Crippen LogP contribution is 2.44. The molecule has 0 spiro atoms. The molecule has 30 heavy (non-hydrogen) atoms. The van der Waals surface area contributed by atoms with E-state index in [4.69, 9.17) is 10.2 Å². The number of hydrogen-bond donors (Lipinski definition) is 1. The minimum Gasteiger partial charge on any atom is -0.459 e. The number of piperazine rings is 1. The van der Waals surface area contributed by atoms with E-state index in [-0.39, 0.29) is 41.8 Å². The fourth-order valence-electron chi connectivity index (χ4n) is 6.32. The number of primary amides is 1. The first kappa shape index (κ1) is 20.9. The Morgan fingerprint density at radius 1 is 1.07 bits per heavy atom. The summed E-state index contributed by atoms with van der Waals surface area (Å²) < 4.78 is 5.40. The fraction of sp³-hybridized carbons (Fsp3) is 0.696. The topological polar surface area (TPSA) is 96.9 Å². The first-order valence-corrected chi connectivity index (χ1v) is 11.3. The average Bonchev–Trinajstić information content (AvgIpc) is 3.27. The number of carbonyl (C=O) groups is 3. The molecule has 2 aliphatic carbocycles. The Labute approximate surface area is 177 Å². The number of carbonyl (C=O) groups excluding carboxylic acids is 3. The number of fused-ring (bicyclic) bond motifs is 1. The Kier molecular flexibility index (Phi) is 5.89. The summed E-state index contributed by atoms with van der Waals surface area (Å²) in [6.45, 7) is 4.16. The number of nitrogens with two attached hydrogens (primary N) is 1. The van der Waals surface area contributed by atoms with E-state index < -0.39 is 0 Å². The lowest BCUT2D eigenvalue weighted by molar-refractivity contribution is -0.142. The SMILES string of the molecule is CC(=O)N1C2CCC(C3CCCC(C(N)=O)C3)CC2N(C(=O)c2ccco2)C[C@@H]1C. The van der Waals surface area contributed by atoms with Crippen LogP contribution < -0.4 is 5.73 Å². The summed E-state index contributed by atoms with van der Waals surface area (Å²) in [6, 6.07) is 3.44. The van der Waals surface area contributed by atoms with Crippen molar-refractivity contribution in [3.63, 3.8) is 0 Å². The normalized spacial score (nSPS) is 34.3. The van der Waals surface area contributed by atoms with Gasteiger partial charge in [0.25, 0.3) is 5.91 Å². The molecule has 7 nitrogen and oxygen atoms in total. The number of amides is 3. The zero-order chi connectivity index (χ0) is 21.4. The van der Waals surface area contributed by atoms with Gasteiger partial charge in [0, 0.05) is 25.4 Å². The van der Waals surface area contributed by atoms with Crippen molar-refractivity contribution in [3.05, 3.63) is 24.2 Å². The van der Waals surface area contributed by atoms with Gasteiger partial charge in [0.15, 0.2) is 5.76 Å². The molecule has 3 fully saturated rings. The summed E-state index contributed by atoms with van der Waals surface area (Å²) in [5, 5.41) is 0. The summed E-state index contributed by atoms with van der Waals surface area (Å²) >= 11 is 0. The Morgan fingerprint density at radius 2 is 1.83 bits per heavy atom. The van der Waals surface area contributed by atoms with Crippen molar-refractivity contribution in [3.8, 4) is 0 Å². The van der Waals surface area contributed by atoms with Crippen LogP contribution in [0.25, 0.3) is 0 Å². The quantitative estimate of drug-likeness (QED) is 0.821. The molecule has 4 rings (SSSR count). The minimum atomic E-state index is -0.183. The van der Waals surface area contributed by atoms with Crippen LogP contribution in [0.5, 0.6) is 0 Å². The van der Waals surface area contributed by atoms with E-state index in [0.29, 0.717) is 24.1 Å². The maximum Gasteiger partial charge on any atom is 0.289 e. The van der Waals surface area contributed by atoms with Gasteiger partial charge in [-0.05, 0) is 63.0 Å². The second-order valence-electron chi connectivity index (χ2n) is 9.44. The summed E-state index contributed by atoms with van der Waals surface area (Å²) in [6.07, 6.45) is 8.20. The molecular formula is C23H33N3O4. The van der Waals surface area contributed by atoms with Gasteiger partial charge >= 0.3 is 0 Å². The minimum absolute atomic E-state index is 0.0181. The molecule has 0 bridgehead atoms. The fourth-order valence-corrected chi connectivity index (χ4v) is 6.32. The predicted octanol–water partition coefficient (Wildman–Crippen LogP) is 2.80. The molecular weight excluding hydrogens is 382 g/mol. The molecule has 2 heterocycles. The van der Waals surface area contributed by atoms with Crippen molar-refractivity contribution in [1.82, 2.24) is 9.80 Å². The first-order valence-electron chi connectivity index (χ1n) is 11.3. The van der Waals surface area contributed by atoms with E-state index in [0.717, 1.165) is 44.9 Å². The number of hydrogen-bond acceptors (Lipinski definition) is 4. The molecule has 0 aromatic carbocycles. The molecule has 6 atom stereocenters. The molecule has 2 N–H and O–H groups in total. The Bertz CT molecular complexity index is 792. The van der Waals surface area contributed by atoms with Crippen LogP contribution in [-0.4, -0.2) is 52.2 Å². The maximum atomic E-state index is 13.2. The van der Waals surface area contributed by atoms with Crippen molar-refractivity contribution in [2.75, 3.05) is 6.54 Å². The Morgan fingerprint density at radius 3 is 2.50 bits per heavy atom. The summed E-state index contributed by atoms with van der Waals surface area (Å²) in [7, 11) is 0. The highest BCUT2D eigenvalue weighted by molar-refractivity contribution is 5.92. The van der Waals surface area contributed by atoms with Gasteiger partial charge in [-0.1, -0.05) is 12.8 Å². The van der Waals surface area contributed by atoms with Gasteiger partial charge in [-0.3, -0.25) is 14.4 Å². The van der Waals surface area contributed by atoms with Crippen LogP contribution >= 0.6 is 0 Å². The smallest absolute Gasteiger partial charge is 0.289 e. The second-order valence-corrected chi connectivity index (χ2v) is 9.44. The molecule has 5 unspecified atom stereocenters. The van der Waals surface area contributed by atoms with Crippen LogP contribution in [-0.2, 0) is 9.59 Å². The highest BCUT2D eigenvalue weighted by Gasteiger charge is 2.48. The summed E-state index contributed by atoms with van der Waals surface area (Å²) in [4.78, 5) is 41.3. The Hall–Kier alpha value is -2.31. The zero-order valence-electron chi connectivity index (χ0n) is 18.0. The van der Waals surface area contributed by atoms with Crippen molar-refractivity contribution < 1.29 is 18.8 Å². The molecule has 1 saturated heterocycles. The third-order valence-corrected chi connectivity index (χ3v) is 7.66. The van der Waals surface area contributed by atoms with Crippen LogP contribution in [0.2, 0.25) is 0 Å². The van der Waals surface area contributed by atoms with Gasteiger partial charge in [-0.25, -0.2) is 0 Å². The summed E-state index contributed by atoms with van der Waals surface area (Å²) in [5.41, 5.74) is 5.60. The molecule has 2 saturated carbocycles. The lowest BCUT2D eigenvalue weighted by Gasteiger charge is -2.54. The lowest BCUT2D eigenvalue weighted by atomic mass is 9.67. The van der Waals surface area contributed by atoms with E-state index in [1.54, 1.807) is 19.1 Å². The average molecular weight is 416 g/mol. The van der Waals surface area contributed by atoms with Crippen molar-refractivity contribution in [2.45, 2.75) is 76.9 Å². The van der Waals surface area contributed by atoms with Gasteiger partial charge in [0.1, 0.15) is 0 Å². The van der Waals surface area contributed by atoms with Crippen LogP contribution in [0.4, 0.5) is 0 Å². The van der Waals surface area contributed by atoms with Gasteiger partial charge in [0.05, 0.1) is 18.3 Å². The van der Waals surface area contributed by atoms with E-state index >= 15 is 0 Å². The molecule has 7 heteroatoms. The van der Waals surface area contributed by atoms with Gasteiger partial charge in [-0.15, -0.1) is 0 Å². The molecule has 3 aliphatic rings. The number of rotatable bonds is 3. The highest BCUT2D eigenvalue weighted by atomic mass is 16.3. The van der Waals surface area contributed by atoms with Crippen LogP contribution in [0, 0.1) is 17.8 Å². The van der Waals surface area contributed by atoms with Crippen molar-refractivity contribution >= 4 is 17.7 Å². The zero-order valence-corrected chi connectivity index (χ0v) is 18.0. The van der Waals surface area contributed by atoms with E-state index in [9.17, 15) is 14.4 Å². The standard InChI is InChI=1S/C23H33N3O4/c1-14-13-25(23(29)21-7-4-10-30-21)20-12-17(8-9-19(20)26(14)15(2)27)16-5-3-6-18(11-16)22(24)28/h4,7,10,14,16-20H,3,5-6,8-9,11-13H2,1-2H3,(H2,24,28)/t14-,16?,17?,18?,19?,20?/m0/s1. The number of furan rings is 1. The Balaban J connectivity index is 1.57. The van der Waals surface area contributed by atoms with Gasteiger partial charge in [0.2, 0.25) is 11.8 Å². The molecule has 3 amide bonds. The summed E-state index contributed by atoms with van der Waals surface area (Å²) in [5.74, 6) is 1.03. The van der Waals surface area contributed by atoms with Crippen molar-refractivity contribution in [1.29, 1.82) is 0 Å². The van der Waals surface area contributed by atoms with Crippen molar-refractivity contribution in [2.24, 2.45) is 23.5 Å². The molecule has 1 aromatic heterocycles. The number of nitrogens with zero attached hydrogens (tertiary/aromatic N) is 2. The molecule has 1 aromatic rings.